The van der Waals surface area contributed by atoms with E-state index in [2.05, 4.69) is 16.6 Å². The Balaban J connectivity index is 2.05. The van der Waals surface area contributed by atoms with Crippen LogP contribution in [0.2, 0.25) is 0 Å². The molecule has 10 atom stereocenters. The van der Waals surface area contributed by atoms with Gasteiger partial charge in [0.05, 0.1) is 102 Å². The summed E-state index contributed by atoms with van der Waals surface area (Å²) in [5, 5.41) is 16.8. The van der Waals surface area contributed by atoms with Gasteiger partial charge in [-0.1, -0.05) is 91.1 Å². The largest absolute Gasteiger partial charge is 0.386 e. The Labute approximate surface area is 418 Å². The van der Waals surface area contributed by atoms with E-state index in [1.54, 1.807) is 49.9 Å². The average molecular weight is 990 g/mol. The predicted molar refractivity (Wildman–Crippen MR) is 266 cm³/mol. The van der Waals surface area contributed by atoms with Crippen LogP contribution in [0.15, 0.2) is 30.3 Å². The number of hydrogen-bond donors (Lipinski definition) is 3. The molecule has 3 N–H and O–H groups in total. The number of rotatable bonds is 35. The molecule has 0 spiro atoms. The van der Waals surface area contributed by atoms with Gasteiger partial charge in [-0.3, -0.25) is 24.0 Å². The maximum absolute atomic E-state index is 14.6. The number of carbonyl (C=O) groups is 5. The molecule has 18 heteroatoms. The summed E-state index contributed by atoms with van der Waals surface area (Å²) in [6, 6.07) is 5.75. The highest BCUT2D eigenvalue weighted by molar-refractivity contribution is 5.92. The summed E-state index contributed by atoms with van der Waals surface area (Å²) in [4.78, 5) is 74.6. The lowest BCUT2D eigenvalue weighted by Crippen LogP contribution is -2.60. The molecule has 0 bridgehead atoms. The van der Waals surface area contributed by atoms with Gasteiger partial charge < -0.3 is 63.6 Å². The van der Waals surface area contributed by atoms with Crippen molar-refractivity contribution in [2.75, 3.05) is 101 Å². The summed E-state index contributed by atoms with van der Waals surface area (Å²) in [7, 11) is 6.28. The van der Waals surface area contributed by atoms with Crippen molar-refractivity contribution < 1.29 is 62.2 Å². The Kier molecular flexibility index (Phi) is 29.6. The normalized spacial score (nSPS) is 17.7. The molecule has 1 aliphatic rings. The predicted octanol–water partition coefficient (Wildman–Crippen LogP) is 3.49. The Hall–Kier alpha value is -4.19. The molecule has 398 valence electrons. The number of benzene rings is 1. The van der Waals surface area contributed by atoms with Crippen molar-refractivity contribution in [1.29, 1.82) is 0 Å². The van der Waals surface area contributed by atoms with Crippen molar-refractivity contribution in [2.24, 2.45) is 23.7 Å². The molecule has 1 aromatic carbocycles. The van der Waals surface area contributed by atoms with E-state index in [1.807, 2.05) is 59.7 Å². The van der Waals surface area contributed by atoms with E-state index in [1.165, 1.54) is 19.1 Å². The van der Waals surface area contributed by atoms with Crippen LogP contribution in [0.4, 0.5) is 0 Å². The Bertz CT molecular complexity index is 1730. The van der Waals surface area contributed by atoms with Crippen LogP contribution in [0.25, 0.3) is 0 Å². The second-order valence-corrected chi connectivity index (χ2v) is 18.8. The zero-order chi connectivity index (χ0) is 52.3. The number of methoxy groups -OCH3 is 2. The summed E-state index contributed by atoms with van der Waals surface area (Å²) in [6.45, 7) is 18.1. The second kappa shape index (κ2) is 33.5. The zero-order valence-corrected chi connectivity index (χ0v) is 44.2. The average Bonchev–Trinajstić information content (AvgIpc) is 3.83. The second-order valence-electron chi connectivity index (χ2n) is 18.8. The van der Waals surface area contributed by atoms with E-state index in [0.29, 0.717) is 64.6 Å². The molecular weight excluding hydrogens is 903 g/mol. The third-order valence-electron chi connectivity index (χ3n) is 13.1. The van der Waals surface area contributed by atoms with E-state index in [4.69, 9.17) is 39.6 Å². The zero-order valence-electron chi connectivity index (χ0n) is 44.2. The van der Waals surface area contributed by atoms with Crippen molar-refractivity contribution in [3.8, 4) is 12.3 Å². The Morgan fingerprint density at radius 1 is 0.786 bits per heavy atom. The highest BCUT2D eigenvalue weighted by atomic mass is 16.6. The molecule has 5 amide bonds. The van der Waals surface area contributed by atoms with Gasteiger partial charge in [0, 0.05) is 34.9 Å². The minimum absolute atomic E-state index is 0.0391. The highest BCUT2D eigenvalue weighted by Gasteiger charge is 2.43. The van der Waals surface area contributed by atoms with Crippen molar-refractivity contribution in [3.05, 3.63) is 35.9 Å². The lowest BCUT2D eigenvalue weighted by molar-refractivity contribution is -0.149. The number of nitrogens with zero attached hydrogens (tertiary/aromatic N) is 3. The highest BCUT2D eigenvalue weighted by Crippen LogP contribution is 2.30. The Morgan fingerprint density at radius 2 is 1.36 bits per heavy atom. The molecule has 0 radical (unpaired) electrons. The lowest BCUT2D eigenvalue weighted by Gasteiger charge is -2.41. The standard InChI is InChI=1S/C52H87N5O13/c1-14-24-66-25-26-67-27-28-68-29-30-69-31-32-70-34-44(59)55(10)46(36(5)6)51(62)54-45(35(3)4)52(63)56(11)47(37(7)15-2)42(64-12)33-43(58)57-23-19-22-41(57)49(65-13)38(8)50(61)53-39(9)48(60)40-20-17-16-18-21-40/h1,16-18,20-21,35-39,41-42,45-49,60H,15,19,22-34H2,2-13H3,(H,53,61)(H,54,62)/t37-,38+,39+,41-,42+,45-,46-,47-,48+,49+/m0/s1. The number of terminal acetylenes is 1. The smallest absolute Gasteiger partial charge is 0.249 e. The maximum atomic E-state index is 14.6. The van der Waals surface area contributed by atoms with Crippen molar-refractivity contribution in [2.45, 2.75) is 130 Å². The fourth-order valence-corrected chi connectivity index (χ4v) is 8.90. The molecule has 0 aromatic heterocycles. The molecule has 1 aromatic rings. The van der Waals surface area contributed by atoms with Crippen LogP contribution in [-0.2, 0) is 57.1 Å². The molecule has 0 aliphatic carbocycles. The van der Waals surface area contributed by atoms with Crippen molar-refractivity contribution >= 4 is 29.5 Å². The monoisotopic (exact) mass is 990 g/mol. The third-order valence-corrected chi connectivity index (χ3v) is 13.1. The van der Waals surface area contributed by atoms with Gasteiger partial charge in [-0.2, -0.15) is 0 Å². The molecule has 18 nitrogen and oxygen atoms in total. The molecule has 2 rings (SSSR count). The molecule has 0 unspecified atom stereocenters. The van der Waals surface area contributed by atoms with Gasteiger partial charge in [-0.25, -0.2) is 0 Å². The van der Waals surface area contributed by atoms with Crippen LogP contribution in [0.5, 0.6) is 0 Å². The molecule has 1 saturated heterocycles. The topological polar surface area (TPSA) is 204 Å². The summed E-state index contributed by atoms with van der Waals surface area (Å²) in [5.74, 6) is -0.728. The van der Waals surface area contributed by atoms with Crippen molar-refractivity contribution in [3.63, 3.8) is 0 Å². The molecular formula is C52H87N5O13. The number of ether oxygens (including phenoxy) is 7. The van der Waals surface area contributed by atoms with Gasteiger partial charge in [0.2, 0.25) is 29.5 Å². The number of likely N-dealkylation sites (tertiary alicyclic amines) is 1. The fraction of sp³-hybridized carbons (Fsp3) is 0.750. The van der Waals surface area contributed by atoms with E-state index in [9.17, 15) is 29.1 Å². The first-order valence-electron chi connectivity index (χ1n) is 24.9. The molecule has 0 saturated carbocycles. The summed E-state index contributed by atoms with van der Waals surface area (Å²) >= 11 is 0. The van der Waals surface area contributed by atoms with Crippen molar-refractivity contribution in [1.82, 2.24) is 25.3 Å². The van der Waals surface area contributed by atoms with Crippen LogP contribution in [-0.4, -0.2) is 193 Å². The minimum atomic E-state index is -0.958. The first kappa shape index (κ1) is 61.9. The van der Waals surface area contributed by atoms with E-state index >= 15 is 0 Å². The number of likely N-dealkylation sites (N-methyl/N-ethyl adjacent to an activating group) is 2. The molecule has 1 aliphatic heterocycles. The third kappa shape index (κ3) is 19.8. The fourth-order valence-electron chi connectivity index (χ4n) is 8.90. The van der Waals surface area contributed by atoms with E-state index < -0.39 is 66.3 Å². The Morgan fingerprint density at radius 3 is 1.87 bits per heavy atom. The number of nitrogens with one attached hydrogen (secondary N) is 2. The van der Waals surface area contributed by atoms with E-state index in [-0.39, 0.29) is 68.3 Å². The van der Waals surface area contributed by atoms with Crippen LogP contribution < -0.4 is 10.6 Å². The van der Waals surface area contributed by atoms with Gasteiger partial charge in [0.15, 0.2) is 0 Å². The number of carbonyl (C=O) groups excluding carboxylic acids is 5. The first-order chi connectivity index (χ1) is 33.4. The van der Waals surface area contributed by atoms with Crippen LogP contribution in [0, 0.1) is 36.0 Å². The number of aliphatic hydroxyl groups excluding tert-OH is 1. The number of hydrogen-bond acceptors (Lipinski definition) is 13. The lowest BCUT2D eigenvalue weighted by atomic mass is 9.89. The number of amides is 5. The molecule has 70 heavy (non-hydrogen) atoms. The summed E-state index contributed by atoms with van der Waals surface area (Å²) in [5.41, 5.74) is 0.689. The van der Waals surface area contributed by atoms with Crippen LogP contribution >= 0.6 is 0 Å². The van der Waals surface area contributed by atoms with Gasteiger partial charge >= 0.3 is 0 Å². The quantitative estimate of drug-likeness (QED) is 0.0660. The van der Waals surface area contributed by atoms with Gasteiger partial charge in [0.25, 0.3) is 0 Å². The van der Waals surface area contributed by atoms with Crippen LogP contribution in [0.1, 0.15) is 92.7 Å². The maximum Gasteiger partial charge on any atom is 0.249 e. The minimum Gasteiger partial charge on any atom is -0.386 e. The first-order valence-corrected chi connectivity index (χ1v) is 24.9. The van der Waals surface area contributed by atoms with Gasteiger partial charge in [0.1, 0.15) is 25.3 Å². The SMILES string of the molecule is C#CCOCCOCCOCCOCCOCC(=O)N(C)[C@H](C(=O)N[C@H](C(=O)N(C)[C@@H]([C@@H](C)CC)[C@@H](CC(=O)N1CCC[C@H]1[C@H](OC)[C@@H](C)C(=O)N[C@H](C)[C@@H](O)c1ccccc1)OC)C(C)C)C(C)C. The van der Waals surface area contributed by atoms with Gasteiger partial charge in [-0.15, -0.1) is 6.42 Å². The van der Waals surface area contributed by atoms with E-state index in [0.717, 1.165) is 6.42 Å². The molecule has 1 heterocycles. The summed E-state index contributed by atoms with van der Waals surface area (Å²) < 4.78 is 39.1. The molecule has 1 fully saturated rings. The van der Waals surface area contributed by atoms with Crippen LogP contribution in [0.3, 0.4) is 0 Å². The summed E-state index contributed by atoms with van der Waals surface area (Å²) in [6.07, 6.45) is 4.86. The number of aliphatic hydroxyl groups is 1. The van der Waals surface area contributed by atoms with Gasteiger partial charge in [-0.05, 0) is 43.1 Å².